The molecule has 0 amide bonds. The number of aliphatic hydroxyl groups excluding tert-OH is 1. The van der Waals surface area contributed by atoms with Gasteiger partial charge in [0, 0.05) is 6.07 Å². The first-order valence-electron chi connectivity index (χ1n) is 7.20. The van der Waals surface area contributed by atoms with Gasteiger partial charge < -0.3 is 25.1 Å². The Bertz CT molecular complexity index is 683. The Balaban J connectivity index is 2.22. The second-order valence-corrected chi connectivity index (χ2v) is 4.85. The highest BCUT2D eigenvalue weighted by molar-refractivity contribution is 5.73. The summed E-state index contributed by atoms with van der Waals surface area (Å²) in [6, 6.07) is 11.2. The van der Waals surface area contributed by atoms with Crippen molar-refractivity contribution in [2.24, 2.45) is 0 Å². The second-order valence-electron chi connectivity index (χ2n) is 4.85. The highest BCUT2D eigenvalue weighted by Crippen LogP contribution is 2.26. The molecule has 0 bridgehead atoms. The first kappa shape index (κ1) is 16.7. The number of benzene rings is 2. The van der Waals surface area contributed by atoms with Gasteiger partial charge in [-0.15, -0.1) is 0 Å². The van der Waals surface area contributed by atoms with Crippen LogP contribution in [0.5, 0.6) is 17.2 Å². The van der Waals surface area contributed by atoms with Gasteiger partial charge in [-0.25, -0.2) is 0 Å². The zero-order valence-electron chi connectivity index (χ0n) is 13.3. The smallest absolute Gasteiger partial charge is 0.141 e. The fourth-order valence-electron chi connectivity index (χ4n) is 2.10. The van der Waals surface area contributed by atoms with Crippen LogP contribution in [0.4, 0.5) is 5.69 Å². The molecule has 23 heavy (non-hydrogen) atoms. The van der Waals surface area contributed by atoms with Crippen LogP contribution in [0.15, 0.2) is 36.4 Å². The Morgan fingerprint density at radius 1 is 0.957 bits per heavy atom. The van der Waals surface area contributed by atoms with Crippen molar-refractivity contribution >= 4 is 17.8 Å². The molecule has 2 aromatic rings. The third-order valence-corrected chi connectivity index (χ3v) is 3.22. The lowest BCUT2D eigenvalue weighted by molar-refractivity contribution is 0.201. The molecule has 0 spiro atoms. The number of rotatable bonds is 7. The Labute approximate surface area is 135 Å². The minimum absolute atomic E-state index is 0.0342. The van der Waals surface area contributed by atoms with E-state index in [4.69, 9.17) is 25.1 Å². The van der Waals surface area contributed by atoms with E-state index >= 15 is 0 Å². The number of anilines is 1. The molecule has 3 N–H and O–H groups in total. The topological polar surface area (TPSA) is 73.9 Å². The average molecular weight is 315 g/mol. The average Bonchev–Trinajstić information content (AvgIpc) is 2.58. The summed E-state index contributed by atoms with van der Waals surface area (Å²) in [5, 5.41) is 8.85. The minimum Gasteiger partial charge on any atom is -0.497 e. The number of hydrogen-bond acceptors (Lipinski definition) is 5. The third kappa shape index (κ3) is 4.66. The molecule has 0 aliphatic carbocycles. The van der Waals surface area contributed by atoms with Crippen molar-refractivity contribution in [1.29, 1.82) is 0 Å². The molecule has 0 radical (unpaired) electrons. The summed E-state index contributed by atoms with van der Waals surface area (Å²) in [5.74, 6) is 1.99. The molecule has 5 nitrogen and oxygen atoms in total. The molecule has 122 valence electrons. The number of nitrogens with two attached hydrogens (primary N) is 1. The Morgan fingerprint density at radius 3 is 2.35 bits per heavy atom. The Hall–Kier alpha value is -2.66. The van der Waals surface area contributed by atoms with E-state index in [9.17, 15) is 0 Å². The van der Waals surface area contributed by atoms with Gasteiger partial charge in [0.15, 0.2) is 0 Å². The number of hydrogen-bond donors (Lipinski definition) is 2. The van der Waals surface area contributed by atoms with E-state index < -0.39 is 0 Å². The van der Waals surface area contributed by atoms with Crippen LogP contribution in [0.3, 0.4) is 0 Å². The van der Waals surface area contributed by atoms with Crippen LogP contribution in [-0.2, 0) is 0 Å². The van der Waals surface area contributed by atoms with Gasteiger partial charge in [0.05, 0.1) is 26.5 Å². The van der Waals surface area contributed by atoms with E-state index in [2.05, 4.69) is 0 Å². The van der Waals surface area contributed by atoms with Crippen molar-refractivity contribution in [1.82, 2.24) is 0 Å². The van der Waals surface area contributed by atoms with Gasteiger partial charge in [-0.3, -0.25) is 0 Å². The summed E-state index contributed by atoms with van der Waals surface area (Å²) in [6.45, 7) is 0.207. The van der Waals surface area contributed by atoms with E-state index in [0.29, 0.717) is 22.9 Å². The molecule has 0 saturated carbocycles. The zero-order valence-corrected chi connectivity index (χ0v) is 13.3. The van der Waals surface area contributed by atoms with Crippen LogP contribution in [0.1, 0.15) is 11.1 Å². The molecule has 0 aliphatic heterocycles. The van der Waals surface area contributed by atoms with E-state index in [-0.39, 0.29) is 13.2 Å². The van der Waals surface area contributed by atoms with E-state index in [1.807, 2.05) is 42.5 Å². The number of ether oxygens (including phenoxy) is 3. The molecule has 0 saturated heterocycles. The fourth-order valence-corrected chi connectivity index (χ4v) is 2.10. The normalized spacial score (nSPS) is 10.7. The lowest BCUT2D eigenvalue weighted by Crippen LogP contribution is -2.01. The van der Waals surface area contributed by atoms with Crippen LogP contribution >= 0.6 is 0 Å². The summed E-state index contributed by atoms with van der Waals surface area (Å²) >= 11 is 0. The number of methoxy groups -OCH3 is 2. The van der Waals surface area contributed by atoms with Crippen molar-refractivity contribution in [3.05, 3.63) is 47.5 Å². The first-order chi connectivity index (χ1) is 11.2. The van der Waals surface area contributed by atoms with Crippen LogP contribution in [0.25, 0.3) is 12.2 Å². The van der Waals surface area contributed by atoms with Crippen molar-refractivity contribution in [2.75, 3.05) is 33.2 Å². The van der Waals surface area contributed by atoms with E-state index in [0.717, 1.165) is 11.1 Å². The molecule has 0 unspecified atom stereocenters. The SMILES string of the molecule is COc1cc(C=Cc2ccc(OC)c(N)c2)cc(OCCO)c1. The summed E-state index contributed by atoms with van der Waals surface area (Å²) in [5.41, 5.74) is 8.38. The first-order valence-corrected chi connectivity index (χ1v) is 7.20. The van der Waals surface area contributed by atoms with Gasteiger partial charge in [0.25, 0.3) is 0 Å². The van der Waals surface area contributed by atoms with Crippen LogP contribution in [0.2, 0.25) is 0 Å². The van der Waals surface area contributed by atoms with Gasteiger partial charge in [-0.2, -0.15) is 0 Å². The molecule has 0 aromatic heterocycles. The Kier molecular flexibility index (Phi) is 5.88. The van der Waals surface area contributed by atoms with Gasteiger partial charge in [0.2, 0.25) is 0 Å². The largest absolute Gasteiger partial charge is 0.497 e. The molecule has 2 aromatic carbocycles. The maximum atomic E-state index is 8.85. The van der Waals surface area contributed by atoms with Crippen molar-refractivity contribution < 1.29 is 19.3 Å². The summed E-state index contributed by atoms with van der Waals surface area (Å²) < 4.78 is 15.8. The number of aliphatic hydroxyl groups is 1. The third-order valence-electron chi connectivity index (χ3n) is 3.22. The van der Waals surface area contributed by atoms with Crippen LogP contribution in [0, 0.1) is 0 Å². The lowest BCUT2D eigenvalue weighted by atomic mass is 10.1. The molecule has 5 heteroatoms. The summed E-state index contributed by atoms with van der Waals surface area (Å²) in [7, 11) is 3.19. The highest BCUT2D eigenvalue weighted by atomic mass is 16.5. The molecular formula is C18H21NO4. The fraction of sp³-hybridized carbons (Fsp3) is 0.222. The Morgan fingerprint density at radius 2 is 1.70 bits per heavy atom. The van der Waals surface area contributed by atoms with Gasteiger partial charge >= 0.3 is 0 Å². The summed E-state index contributed by atoms with van der Waals surface area (Å²) in [4.78, 5) is 0. The van der Waals surface area contributed by atoms with Gasteiger partial charge in [0.1, 0.15) is 23.9 Å². The molecule has 2 rings (SSSR count). The molecular weight excluding hydrogens is 294 g/mol. The second kappa shape index (κ2) is 8.10. The molecule has 0 aliphatic rings. The zero-order chi connectivity index (χ0) is 16.7. The predicted molar refractivity (Wildman–Crippen MR) is 91.9 cm³/mol. The predicted octanol–water partition coefficient (Wildman–Crippen LogP) is 2.83. The molecule has 0 fully saturated rings. The monoisotopic (exact) mass is 315 g/mol. The van der Waals surface area contributed by atoms with Crippen molar-refractivity contribution in [3.8, 4) is 17.2 Å². The van der Waals surface area contributed by atoms with E-state index in [1.165, 1.54) is 0 Å². The van der Waals surface area contributed by atoms with E-state index in [1.54, 1.807) is 20.3 Å². The standard InChI is InChI=1S/C18H21NO4/c1-21-15-9-14(10-16(12-15)23-8-7-20)4-3-13-5-6-18(22-2)17(19)11-13/h3-6,9-12,20H,7-8,19H2,1-2H3. The quantitative estimate of drug-likeness (QED) is 0.607. The van der Waals surface area contributed by atoms with Crippen molar-refractivity contribution in [2.45, 2.75) is 0 Å². The van der Waals surface area contributed by atoms with Gasteiger partial charge in [-0.05, 0) is 35.4 Å². The number of nitrogen functional groups attached to an aromatic ring is 1. The van der Waals surface area contributed by atoms with Crippen LogP contribution < -0.4 is 19.9 Å². The summed E-state index contributed by atoms with van der Waals surface area (Å²) in [6.07, 6.45) is 3.88. The minimum atomic E-state index is -0.0342. The maximum Gasteiger partial charge on any atom is 0.141 e. The highest BCUT2D eigenvalue weighted by Gasteiger charge is 2.02. The van der Waals surface area contributed by atoms with Crippen LogP contribution in [-0.4, -0.2) is 32.5 Å². The lowest BCUT2D eigenvalue weighted by Gasteiger charge is -2.08. The van der Waals surface area contributed by atoms with Crippen molar-refractivity contribution in [3.63, 3.8) is 0 Å². The molecule has 0 heterocycles. The van der Waals surface area contributed by atoms with Gasteiger partial charge in [-0.1, -0.05) is 18.2 Å². The maximum absolute atomic E-state index is 8.85. The molecule has 0 atom stereocenters.